The summed E-state index contributed by atoms with van der Waals surface area (Å²) in [6, 6.07) is 0.855. The highest BCUT2D eigenvalue weighted by atomic mass is 16.5. The van der Waals surface area contributed by atoms with E-state index < -0.39 is 46.1 Å². The highest BCUT2D eigenvalue weighted by Crippen LogP contribution is 2.25. The van der Waals surface area contributed by atoms with Crippen molar-refractivity contribution in [2.24, 2.45) is 0 Å². The minimum atomic E-state index is -1.84. The molecule has 0 fully saturated rings. The van der Waals surface area contributed by atoms with Crippen LogP contribution in [-0.2, 0) is 11.2 Å². The number of allylic oxidation sites excluding steroid dienone is 1. The number of rotatable bonds is 8. The molecule has 0 bridgehead atoms. The SMILES string of the molecule is CC(C)=COCCc1cc(C(=O)O)c(C(=O)O)c(C(=O)O)c1C(=O)O. The maximum absolute atomic E-state index is 11.5. The molecule has 1 aromatic carbocycles. The van der Waals surface area contributed by atoms with Gasteiger partial charge in [0.2, 0.25) is 0 Å². The first kappa shape index (κ1) is 19.7. The number of ether oxygens (including phenoxy) is 1. The van der Waals surface area contributed by atoms with E-state index in [1.165, 1.54) is 6.26 Å². The van der Waals surface area contributed by atoms with Crippen LogP contribution in [0.2, 0.25) is 0 Å². The summed E-state index contributed by atoms with van der Waals surface area (Å²) in [6.07, 6.45) is 1.29. The molecule has 0 aliphatic carbocycles. The van der Waals surface area contributed by atoms with Gasteiger partial charge in [0.25, 0.3) is 0 Å². The first-order chi connectivity index (χ1) is 11.6. The third-order valence-electron chi connectivity index (χ3n) is 3.09. The Morgan fingerprint density at radius 2 is 1.40 bits per heavy atom. The fourth-order valence-electron chi connectivity index (χ4n) is 2.18. The maximum atomic E-state index is 11.5. The van der Waals surface area contributed by atoms with Crippen LogP contribution in [-0.4, -0.2) is 50.9 Å². The Labute approximate surface area is 141 Å². The van der Waals surface area contributed by atoms with E-state index in [1.54, 1.807) is 13.8 Å². The fourth-order valence-corrected chi connectivity index (χ4v) is 2.18. The summed E-state index contributed by atoms with van der Waals surface area (Å²) in [5.74, 6) is -7.04. The molecule has 0 amide bonds. The zero-order chi connectivity index (χ0) is 19.3. The molecular weight excluding hydrogens is 336 g/mol. The van der Waals surface area contributed by atoms with Crippen LogP contribution in [0.5, 0.6) is 0 Å². The van der Waals surface area contributed by atoms with Gasteiger partial charge in [-0.25, -0.2) is 19.2 Å². The molecule has 9 heteroatoms. The molecule has 0 aliphatic heterocycles. The Morgan fingerprint density at radius 3 is 1.80 bits per heavy atom. The van der Waals surface area contributed by atoms with E-state index in [-0.39, 0.29) is 18.6 Å². The molecule has 0 saturated carbocycles. The lowest BCUT2D eigenvalue weighted by atomic mass is 9.90. The van der Waals surface area contributed by atoms with Crippen LogP contribution in [0.25, 0.3) is 0 Å². The molecule has 1 aromatic rings. The average molecular weight is 352 g/mol. The van der Waals surface area contributed by atoms with Crippen LogP contribution < -0.4 is 0 Å². The zero-order valence-electron chi connectivity index (χ0n) is 13.4. The molecule has 1 rings (SSSR count). The van der Waals surface area contributed by atoms with E-state index in [9.17, 15) is 34.5 Å². The Morgan fingerprint density at radius 1 is 0.880 bits per heavy atom. The van der Waals surface area contributed by atoms with E-state index in [2.05, 4.69) is 0 Å². The van der Waals surface area contributed by atoms with Crippen molar-refractivity contribution in [1.82, 2.24) is 0 Å². The summed E-state index contributed by atoms with van der Waals surface area (Å²) in [5, 5.41) is 36.9. The number of carboxylic acid groups (broad SMARTS) is 4. The molecule has 0 radical (unpaired) electrons. The van der Waals surface area contributed by atoms with Crippen molar-refractivity contribution in [3.05, 3.63) is 45.7 Å². The number of hydrogen-bond donors (Lipinski definition) is 4. The summed E-state index contributed by atoms with van der Waals surface area (Å²) in [5.41, 5.74) is -3.03. The molecule has 9 nitrogen and oxygen atoms in total. The predicted molar refractivity (Wildman–Crippen MR) is 83.4 cm³/mol. The van der Waals surface area contributed by atoms with Gasteiger partial charge in [0.1, 0.15) is 0 Å². The first-order valence-corrected chi connectivity index (χ1v) is 6.95. The van der Waals surface area contributed by atoms with Crippen LogP contribution in [0, 0.1) is 0 Å². The molecule has 0 spiro atoms. The normalized spacial score (nSPS) is 10.0. The molecule has 134 valence electrons. The molecule has 4 N–H and O–H groups in total. The maximum Gasteiger partial charge on any atom is 0.337 e. The van der Waals surface area contributed by atoms with E-state index in [0.717, 1.165) is 11.6 Å². The number of aromatic carboxylic acids is 4. The van der Waals surface area contributed by atoms with E-state index in [1.807, 2.05) is 0 Å². The average Bonchev–Trinajstić information content (AvgIpc) is 2.48. The highest BCUT2D eigenvalue weighted by molar-refractivity contribution is 6.14. The van der Waals surface area contributed by atoms with E-state index in [0.29, 0.717) is 0 Å². The minimum Gasteiger partial charge on any atom is -0.501 e. The molecule has 0 saturated heterocycles. The van der Waals surface area contributed by atoms with Gasteiger partial charge in [0.15, 0.2) is 0 Å². The lowest BCUT2D eigenvalue weighted by Crippen LogP contribution is -2.22. The molecule has 25 heavy (non-hydrogen) atoms. The summed E-state index contributed by atoms with van der Waals surface area (Å²) in [6.45, 7) is 3.47. The summed E-state index contributed by atoms with van der Waals surface area (Å²) in [7, 11) is 0. The number of carbonyl (C=O) groups is 4. The van der Waals surface area contributed by atoms with Crippen LogP contribution in [0.1, 0.15) is 60.8 Å². The van der Waals surface area contributed by atoms with Gasteiger partial charge < -0.3 is 25.2 Å². The summed E-state index contributed by atoms with van der Waals surface area (Å²) < 4.78 is 5.15. The lowest BCUT2D eigenvalue weighted by molar-refractivity contribution is 0.0618. The monoisotopic (exact) mass is 352 g/mol. The fraction of sp³-hybridized carbons (Fsp3) is 0.250. The topological polar surface area (TPSA) is 158 Å². The standard InChI is InChI=1S/C16H16O9/c1-7(2)6-25-4-3-8-5-9(13(17)18)11(15(21)22)12(16(23)24)10(8)14(19)20/h5-6H,3-4H2,1-2H3,(H,17,18)(H,19,20)(H,21,22)(H,23,24). The summed E-state index contributed by atoms with van der Waals surface area (Å²) in [4.78, 5) is 45.6. The Bertz CT molecular complexity index is 770. The van der Waals surface area contributed by atoms with Gasteiger partial charge in [-0.05, 0) is 31.1 Å². The van der Waals surface area contributed by atoms with Crippen molar-refractivity contribution in [3.63, 3.8) is 0 Å². The second-order valence-corrected chi connectivity index (χ2v) is 5.24. The zero-order valence-corrected chi connectivity index (χ0v) is 13.4. The smallest absolute Gasteiger partial charge is 0.337 e. The Hall–Kier alpha value is -3.36. The number of hydrogen-bond acceptors (Lipinski definition) is 5. The second-order valence-electron chi connectivity index (χ2n) is 5.24. The Balaban J connectivity index is 3.63. The van der Waals surface area contributed by atoms with Crippen molar-refractivity contribution in [1.29, 1.82) is 0 Å². The van der Waals surface area contributed by atoms with Gasteiger partial charge in [0, 0.05) is 6.42 Å². The van der Waals surface area contributed by atoms with Crippen molar-refractivity contribution in [2.45, 2.75) is 20.3 Å². The van der Waals surface area contributed by atoms with Crippen molar-refractivity contribution in [3.8, 4) is 0 Å². The quantitative estimate of drug-likeness (QED) is 0.405. The third-order valence-corrected chi connectivity index (χ3v) is 3.09. The summed E-state index contributed by atoms with van der Waals surface area (Å²) >= 11 is 0. The van der Waals surface area contributed by atoms with Gasteiger partial charge >= 0.3 is 23.9 Å². The highest BCUT2D eigenvalue weighted by Gasteiger charge is 2.32. The van der Waals surface area contributed by atoms with Crippen LogP contribution in [0.3, 0.4) is 0 Å². The lowest BCUT2D eigenvalue weighted by Gasteiger charge is -2.14. The van der Waals surface area contributed by atoms with Gasteiger partial charge in [-0.1, -0.05) is 0 Å². The predicted octanol–water partition coefficient (Wildman–Crippen LogP) is 1.96. The number of carboxylic acids is 4. The van der Waals surface area contributed by atoms with Gasteiger partial charge in [0.05, 0.1) is 35.1 Å². The molecule has 0 unspecified atom stereocenters. The van der Waals surface area contributed by atoms with Crippen molar-refractivity contribution >= 4 is 23.9 Å². The minimum absolute atomic E-state index is 0.0456. The Kier molecular flexibility index (Phi) is 6.26. The van der Waals surface area contributed by atoms with Crippen LogP contribution >= 0.6 is 0 Å². The van der Waals surface area contributed by atoms with Gasteiger partial charge in [-0.15, -0.1) is 0 Å². The van der Waals surface area contributed by atoms with Crippen molar-refractivity contribution < 1.29 is 44.3 Å². The first-order valence-electron chi connectivity index (χ1n) is 6.95. The second kappa shape index (κ2) is 7.95. The van der Waals surface area contributed by atoms with Crippen LogP contribution in [0.15, 0.2) is 17.9 Å². The third kappa shape index (κ3) is 4.56. The van der Waals surface area contributed by atoms with Crippen LogP contribution in [0.4, 0.5) is 0 Å². The molecular formula is C16H16O9. The largest absolute Gasteiger partial charge is 0.501 e. The van der Waals surface area contributed by atoms with Crippen molar-refractivity contribution in [2.75, 3.05) is 6.61 Å². The van der Waals surface area contributed by atoms with E-state index in [4.69, 9.17) is 9.84 Å². The molecule has 0 aromatic heterocycles. The molecule has 0 heterocycles. The molecule has 0 aliphatic rings. The molecule has 0 atom stereocenters. The van der Waals surface area contributed by atoms with Gasteiger partial charge in [-0.3, -0.25) is 0 Å². The number of benzene rings is 1. The van der Waals surface area contributed by atoms with E-state index >= 15 is 0 Å². The van der Waals surface area contributed by atoms with Gasteiger partial charge in [-0.2, -0.15) is 0 Å².